The number of carboxylic acid groups (broad SMARTS) is 1. The molecule has 3 aromatic rings. The normalized spacial score (nSPS) is 24.3. The van der Waals surface area contributed by atoms with E-state index >= 15 is 0 Å². The summed E-state index contributed by atoms with van der Waals surface area (Å²) in [5, 5.41) is 19.9. The van der Waals surface area contributed by atoms with Crippen molar-refractivity contribution in [3.8, 4) is 28.4 Å². The first-order valence-corrected chi connectivity index (χ1v) is 16.1. The molecular weight excluding hydrogens is 597 g/mol. The number of aliphatic carboxylic acids is 1. The molecule has 11 heteroatoms. The van der Waals surface area contributed by atoms with Crippen LogP contribution in [0.25, 0.3) is 11.1 Å². The van der Waals surface area contributed by atoms with Crippen LogP contribution in [-0.4, -0.2) is 50.7 Å². The van der Waals surface area contributed by atoms with E-state index < -0.39 is 40.2 Å². The Morgan fingerprint density at radius 1 is 1.05 bits per heavy atom. The number of alkyl halides is 3. The molecule has 2 heterocycles. The molecule has 3 aromatic carbocycles. The van der Waals surface area contributed by atoms with Crippen LogP contribution in [0.5, 0.6) is 17.2 Å². The van der Waals surface area contributed by atoms with Gasteiger partial charge in [0.2, 0.25) is 0 Å². The zero-order chi connectivity index (χ0) is 31.2. The highest BCUT2D eigenvalue weighted by Crippen LogP contribution is 2.46. The summed E-state index contributed by atoms with van der Waals surface area (Å²) in [5.41, 5.74) is 2.13. The Kier molecular flexibility index (Phi) is 8.13. The number of halogens is 3. The molecule has 2 N–H and O–H groups in total. The number of hydrogen-bond acceptors (Lipinski definition) is 6. The van der Waals surface area contributed by atoms with Crippen molar-refractivity contribution in [2.24, 2.45) is 0 Å². The largest absolute Gasteiger partial charge is 0.492 e. The maximum absolute atomic E-state index is 14.1. The van der Waals surface area contributed by atoms with Crippen LogP contribution in [0.3, 0.4) is 0 Å². The van der Waals surface area contributed by atoms with Gasteiger partial charge in [-0.3, -0.25) is 9.00 Å². The smallest absolute Gasteiger partial charge is 0.416 e. The Hall–Kier alpha value is -3.57. The first-order valence-electron chi connectivity index (χ1n) is 14.6. The molecule has 1 aliphatic carbocycles. The predicted molar refractivity (Wildman–Crippen MR) is 158 cm³/mol. The van der Waals surface area contributed by atoms with Crippen LogP contribution >= 0.6 is 0 Å². The van der Waals surface area contributed by atoms with Crippen LogP contribution in [0.15, 0.2) is 48.5 Å². The number of aliphatic hydroxyl groups is 1. The lowest BCUT2D eigenvalue weighted by molar-refractivity contribution is -0.138. The highest BCUT2D eigenvalue weighted by Gasteiger charge is 2.37. The molecule has 0 amide bonds. The van der Waals surface area contributed by atoms with Gasteiger partial charge in [-0.15, -0.1) is 0 Å². The first kappa shape index (κ1) is 30.5. The summed E-state index contributed by atoms with van der Waals surface area (Å²) in [6.07, 6.45) is -3.42. The van der Waals surface area contributed by atoms with Crippen LogP contribution < -0.4 is 14.2 Å². The zero-order valence-corrected chi connectivity index (χ0v) is 24.9. The van der Waals surface area contributed by atoms with Crippen molar-refractivity contribution >= 4 is 16.8 Å². The molecule has 0 radical (unpaired) electrons. The van der Waals surface area contributed by atoms with E-state index in [0.29, 0.717) is 71.1 Å². The van der Waals surface area contributed by atoms with Gasteiger partial charge in [-0.05, 0) is 90.8 Å². The van der Waals surface area contributed by atoms with Gasteiger partial charge in [0.25, 0.3) is 0 Å². The summed E-state index contributed by atoms with van der Waals surface area (Å²) in [4.78, 5) is 11.2. The molecule has 1 fully saturated rings. The highest BCUT2D eigenvalue weighted by atomic mass is 32.2. The van der Waals surface area contributed by atoms with Crippen LogP contribution in [-0.2, 0) is 28.2 Å². The topological polar surface area (TPSA) is 102 Å². The molecule has 234 valence electrons. The van der Waals surface area contributed by atoms with E-state index in [4.69, 9.17) is 19.3 Å². The Bertz CT molecular complexity index is 1610. The molecule has 44 heavy (non-hydrogen) atoms. The fourth-order valence-electron chi connectivity index (χ4n) is 6.32. The van der Waals surface area contributed by atoms with Crippen molar-refractivity contribution in [3.05, 3.63) is 76.3 Å². The lowest BCUT2D eigenvalue weighted by atomic mass is 9.91. The maximum atomic E-state index is 14.1. The molecule has 0 unspecified atom stereocenters. The number of fused-ring (bicyclic) bond motifs is 2. The molecule has 3 aliphatic rings. The molecule has 0 saturated carbocycles. The van der Waals surface area contributed by atoms with Crippen molar-refractivity contribution in [3.63, 3.8) is 0 Å². The third-order valence-electron chi connectivity index (χ3n) is 8.77. The van der Waals surface area contributed by atoms with Gasteiger partial charge in [0.1, 0.15) is 35.6 Å². The number of benzene rings is 3. The zero-order valence-electron chi connectivity index (χ0n) is 24.1. The number of ether oxygens (including phenoxy) is 3. The Morgan fingerprint density at radius 2 is 1.80 bits per heavy atom. The third-order valence-corrected chi connectivity index (χ3v) is 10.1. The van der Waals surface area contributed by atoms with Gasteiger partial charge in [0.05, 0.1) is 18.6 Å². The predicted octanol–water partition coefficient (Wildman–Crippen LogP) is 6.35. The fourth-order valence-corrected chi connectivity index (χ4v) is 7.74. The minimum Gasteiger partial charge on any atom is -0.492 e. The van der Waals surface area contributed by atoms with Gasteiger partial charge in [-0.1, -0.05) is 12.1 Å². The number of aryl methyl sites for hydroxylation is 1. The molecular formula is C33H33F3O7S. The number of rotatable bonds is 8. The van der Waals surface area contributed by atoms with Crippen LogP contribution in [0.4, 0.5) is 13.2 Å². The van der Waals surface area contributed by atoms with Crippen molar-refractivity contribution in [1.29, 1.82) is 0 Å². The SMILES string of the molecule is Cc1cc(OCC2(O)CCS(=O)CC2)ccc1-c1cc(C(F)(F)F)cc2c1CC[C@H]2Oc1ccc2c(c1)OC[C@H]2CC(=O)O. The summed E-state index contributed by atoms with van der Waals surface area (Å²) >= 11 is 0. The first-order chi connectivity index (χ1) is 20.9. The summed E-state index contributed by atoms with van der Waals surface area (Å²) in [6.45, 7) is 2.12. The molecule has 2 aliphatic heterocycles. The molecule has 2 atom stereocenters. The molecule has 0 aromatic heterocycles. The van der Waals surface area contributed by atoms with Crippen molar-refractivity contribution < 1.29 is 46.6 Å². The van der Waals surface area contributed by atoms with Crippen LogP contribution in [0, 0.1) is 6.92 Å². The van der Waals surface area contributed by atoms with Crippen LogP contribution in [0.1, 0.15) is 65.5 Å². The molecule has 0 spiro atoms. The van der Waals surface area contributed by atoms with Gasteiger partial charge in [0.15, 0.2) is 0 Å². The second kappa shape index (κ2) is 11.7. The highest BCUT2D eigenvalue weighted by molar-refractivity contribution is 7.85. The third kappa shape index (κ3) is 6.30. The summed E-state index contributed by atoms with van der Waals surface area (Å²) < 4.78 is 71.8. The minimum absolute atomic E-state index is 0.0505. The average molecular weight is 631 g/mol. The Labute approximate surface area is 255 Å². The lowest BCUT2D eigenvalue weighted by Gasteiger charge is -2.31. The fraction of sp³-hybridized carbons (Fsp3) is 0.424. The summed E-state index contributed by atoms with van der Waals surface area (Å²) in [5.74, 6) is 1.15. The quantitative estimate of drug-likeness (QED) is 0.299. The average Bonchev–Trinajstić information content (AvgIpc) is 3.56. The van der Waals surface area contributed by atoms with Gasteiger partial charge in [-0.2, -0.15) is 13.2 Å². The Morgan fingerprint density at radius 3 is 2.50 bits per heavy atom. The molecule has 0 bridgehead atoms. The standard InChI is InChI=1S/C33H33F3O7S/c1-19-12-22(42-18-32(39)8-10-44(40)11-9-32)2-4-24(19)27-14-21(33(34,35)36)15-28-26(27)6-7-29(28)43-23-3-5-25-20(13-31(37)38)17-41-30(25)16-23/h2-5,12,14-16,20,29,39H,6-11,13,17-18H2,1H3,(H,37,38)/t20-,29-,32?,44?/m1/s1. The Balaban J connectivity index is 1.25. The van der Waals surface area contributed by atoms with Gasteiger partial charge < -0.3 is 24.4 Å². The van der Waals surface area contributed by atoms with E-state index in [9.17, 15) is 27.3 Å². The van der Waals surface area contributed by atoms with Crippen molar-refractivity contribution in [2.75, 3.05) is 24.7 Å². The summed E-state index contributed by atoms with van der Waals surface area (Å²) in [6, 6.07) is 12.7. The second-order valence-electron chi connectivity index (χ2n) is 11.9. The number of carboxylic acids is 1. The summed E-state index contributed by atoms with van der Waals surface area (Å²) in [7, 11) is -0.917. The van der Waals surface area contributed by atoms with Gasteiger partial charge >= 0.3 is 12.1 Å². The molecule has 1 saturated heterocycles. The molecule has 6 rings (SSSR count). The number of carbonyl (C=O) groups is 1. The van der Waals surface area contributed by atoms with Crippen molar-refractivity contribution in [2.45, 2.75) is 62.8 Å². The van der Waals surface area contributed by atoms with E-state index in [1.54, 1.807) is 36.4 Å². The lowest BCUT2D eigenvalue weighted by Crippen LogP contribution is -2.42. The maximum Gasteiger partial charge on any atom is 0.416 e. The monoisotopic (exact) mass is 630 g/mol. The van der Waals surface area contributed by atoms with E-state index in [0.717, 1.165) is 16.7 Å². The van der Waals surface area contributed by atoms with Gasteiger partial charge in [-0.25, -0.2) is 0 Å². The van der Waals surface area contributed by atoms with E-state index in [2.05, 4.69) is 0 Å². The van der Waals surface area contributed by atoms with E-state index in [-0.39, 0.29) is 25.6 Å². The molecule has 7 nitrogen and oxygen atoms in total. The number of hydrogen-bond donors (Lipinski definition) is 2. The second-order valence-corrected chi connectivity index (χ2v) is 13.6. The van der Waals surface area contributed by atoms with Crippen molar-refractivity contribution in [1.82, 2.24) is 0 Å². The van der Waals surface area contributed by atoms with E-state index in [1.165, 1.54) is 12.1 Å². The van der Waals surface area contributed by atoms with E-state index in [1.807, 2.05) is 6.92 Å². The van der Waals surface area contributed by atoms with Crippen LogP contribution in [0.2, 0.25) is 0 Å². The van der Waals surface area contributed by atoms with Gasteiger partial charge in [0, 0.05) is 39.9 Å². The minimum atomic E-state index is -4.56.